The van der Waals surface area contributed by atoms with Gasteiger partial charge in [-0.3, -0.25) is 14.4 Å². The Bertz CT molecular complexity index is 4200. The average Bonchev–Trinajstić information content (AvgIpc) is 1.65. The zero-order chi connectivity index (χ0) is 70.9. The predicted molar refractivity (Wildman–Crippen MR) is 405 cm³/mol. The number of hydrogen-bond acceptors (Lipinski definition) is 20. The van der Waals surface area contributed by atoms with E-state index in [1.165, 1.54) is 27.8 Å². The van der Waals surface area contributed by atoms with E-state index in [1.807, 2.05) is 90.7 Å². The first-order valence-corrected chi connectivity index (χ1v) is 40.4. The van der Waals surface area contributed by atoms with Crippen molar-refractivity contribution in [2.45, 2.75) is 128 Å². The topological polar surface area (TPSA) is 237 Å². The van der Waals surface area contributed by atoms with Crippen molar-refractivity contribution in [1.82, 2.24) is 15.0 Å². The second kappa shape index (κ2) is 41.1. The average molecular weight is 1470 g/mol. The zero-order valence-electron chi connectivity index (χ0n) is 59.4. The molecule has 0 aliphatic rings. The number of thiazole rings is 3. The van der Waals surface area contributed by atoms with Crippen LogP contribution in [0.2, 0.25) is 0 Å². The van der Waals surface area contributed by atoms with Crippen LogP contribution in [0, 0.1) is 17.8 Å². The third kappa shape index (κ3) is 26.7. The number of rotatable bonds is 32. The maximum atomic E-state index is 12.1. The van der Waals surface area contributed by atoms with Gasteiger partial charge >= 0.3 is 36.8 Å². The Labute approximate surface area is 620 Å². The number of carbonyl (C=O) groups is 3. The molecule has 3 heterocycles. The Morgan fingerprint density at radius 1 is 0.460 bits per heavy atom. The van der Waals surface area contributed by atoms with Crippen molar-refractivity contribution >= 4 is 98.7 Å². The maximum Gasteiger partial charge on any atom is 1.00 e. The SMILES string of the molecule is CC(C)Cc1sc(N(CCC(=O)O)Cc2ccccc2)nc1-c1ccc(S(C)(=O)=O)cc1.CCOC(=O)CCN(Cc1ccccc1)c1nc(-c2ccc(S(C)(=O)=O)cc2)c(CC(C)C)s1.CCOC(=O)CCN(Cc1ccccc1)c1nc(-c2ccc(SC)cc2)c(CC(C)C)s1.[Li+].[OH-]. The van der Waals surface area contributed by atoms with E-state index >= 15 is 0 Å². The van der Waals surface area contributed by atoms with Gasteiger partial charge in [-0.1, -0.05) is 169 Å². The van der Waals surface area contributed by atoms with Gasteiger partial charge < -0.3 is 34.8 Å². The fourth-order valence-electron chi connectivity index (χ4n) is 10.4. The molecule has 0 unspecified atom stereocenters. The second-order valence-electron chi connectivity index (χ2n) is 24.9. The number of aliphatic carboxylic acids is 1. The summed E-state index contributed by atoms with van der Waals surface area (Å²) in [6.07, 6.45) is 7.80. The Balaban J connectivity index is 0.000000268. The van der Waals surface area contributed by atoms with E-state index in [-0.39, 0.29) is 58.9 Å². The summed E-state index contributed by atoms with van der Waals surface area (Å²) in [7, 11) is -6.53. The van der Waals surface area contributed by atoms with E-state index in [4.69, 9.17) is 24.4 Å². The van der Waals surface area contributed by atoms with Crippen molar-refractivity contribution in [2.24, 2.45) is 17.8 Å². The summed E-state index contributed by atoms with van der Waals surface area (Å²) in [6, 6.07) is 52.7. The van der Waals surface area contributed by atoms with Gasteiger partial charge in [-0.15, -0.1) is 45.8 Å². The molecule has 530 valence electrons. The van der Waals surface area contributed by atoms with Crippen molar-refractivity contribution in [3.05, 3.63) is 195 Å². The van der Waals surface area contributed by atoms with Gasteiger partial charge in [0.1, 0.15) is 0 Å². The molecule has 0 saturated heterocycles. The summed E-state index contributed by atoms with van der Waals surface area (Å²) in [6.45, 7) is 20.8. The molecule has 9 aromatic rings. The molecule has 0 bridgehead atoms. The van der Waals surface area contributed by atoms with Gasteiger partial charge in [-0.25, -0.2) is 31.8 Å². The molecule has 3 aromatic heterocycles. The van der Waals surface area contributed by atoms with E-state index < -0.39 is 25.6 Å². The van der Waals surface area contributed by atoms with Crippen molar-refractivity contribution in [3.63, 3.8) is 0 Å². The van der Waals surface area contributed by atoms with Gasteiger partial charge in [0.2, 0.25) is 0 Å². The first-order chi connectivity index (χ1) is 46.8. The van der Waals surface area contributed by atoms with E-state index in [2.05, 4.69) is 106 Å². The second-order valence-corrected chi connectivity index (χ2v) is 33.0. The summed E-state index contributed by atoms with van der Waals surface area (Å²) in [5.41, 5.74) is 9.04. The van der Waals surface area contributed by atoms with Crippen LogP contribution in [0.1, 0.15) is 106 Å². The van der Waals surface area contributed by atoms with Crippen molar-refractivity contribution in [2.75, 3.05) is 66.3 Å². The fraction of sp³-hybridized carbons (Fsp3) is 0.368. The third-order valence-electron chi connectivity index (χ3n) is 15.2. The van der Waals surface area contributed by atoms with E-state index in [0.717, 1.165) is 89.3 Å². The van der Waals surface area contributed by atoms with Gasteiger partial charge in [0.05, 0.1) is 59.3 Å². The number of carboxylic acid groups (broad SMARTS) is 1. The van der Waals surface area contributed by atoms with E-state index in [1.54, 1.807) is 89.1 Å². The number of esters is 2. The molecule has 2 N–H and O–H groups in total. The van der Waals surface area contributed by atoms with Gasteiger partial charge in [0, 0.05) is 88.0 Å². The molecule has 0 atom stereocenters. The number of carboxylic acids is 1. The zero-order valence-corrected chi connectivity index (χ0v) is 64.3. The minimum Gasteiger partial charge on any atom is -0.870 e. The van der Waals surface area contributed by atoms with Crippen molar-refractivity contribution < 1.29 is 70.1 Å². The molecular formula is C76H93LiN6O11S6. The van der Waals surface area contributed by atoms with Gasteiger partial charge in [0.25, 0.3) is 0 Å². The largest absolute Gasteiger partial charge is 1.00 e. The Morgan fingerprint density at radius 2 is 0.740 bits per heavy atom. The van der Waals surface area contributed by atoms with Crippen LogP contribution < -0.4 is 33.6 Å². The Kier molecular flexibility index (Phi) is 34.3. The summed E-state index contributed by atoms with van der Waals surface area (Å²) in [5.74, 6) is 0.144. The van der Waals surface area contributed by atoms with Crippen molar-refractivity contribution in [3.8, 4) is 33.8 Å². The fourth-order valence-corrected chi connectivity index (χ4v) is 16.0. The van der Waals surface area contributed by atoms with Crippen LogP contribution in [0.15, 0.2) is 178 Å². The quantitative estimate of drug-likeness (QED) is 0.0234. The first-order valence-electron chi connectivity index (χ1n) is 32.9. The number of carbonyl (C=O) groups excluding carboxylic acids is 2. The number of hydrogen-bond donors (Lipinski definition) is 1. The molecule has 0 fully saturated rings. The summed E-state index contributed by atoms with van der Waals surface area (Å²) < 4.78 is 57.7. The smallest absolute Gasteiger partial charge is 0.870 e. The van der Waals surface area contributed by atoms with Crippen LogP contribution >= 0.6 is 45.8 Å². The summed E-state index contributed by atoms with van der Waals surface area (Å²) >= 11 is 6.69. The number of benzene rings is 6. The van der Waals surface area contributed by atoms with Crippen LogP contribution in [0.5, 0.6) is 0 Å². The number of aromatic nitrogens is 3. The molecule has 100 heavy (non-hydrogen) atoms. The Hall–Kier alpha value is -7.17. The molecule has 0 saturated carbocycles. The molecule has 6 aromatic carbocycles. The van der Waals surface area contributed by atoms with Crippen LogP contribution in [0.25, 0.3) is 33.8 Å². The van der Waals surface area contributed by atoms with Gasteiger partial charge in [0.15, 0.2) is 35.1 Å². The predicted octanol–water partition coefficient (Wildman–Crippen LogP) is 13.8. The normalized spacial score (nSPS) is 11.2. The molecule has 0 aliphatic carbocycles. The monoisotopic (exact) mass is 1460 g/mol. The molecule has 0 radical (unpaired) electrons. The molecule has 0 aliphatic heterocycles. The number of sulfone groups is 2. The standard InChI is InChI=1S/C26H32N2O4S2.C26H32N2O2S2.C24H28N2O4S2.Li.H2O/c1-5-32-24(29)15-16-28(18-20-9-7-6-8-10-20)26-27-25(23(33-26)17-19(2)3)21-11-13-22(14-12-21)34(4,30)31;1-5-30-24(29)15-16-28(18-20-9-7-6-8-10-20)26-27-25(23(32-26)17-19(2)3)21-11-13-22(31-4)14-12-21;1-17(2)15-21-23(19-9-11-20(12-10-19)32(3,29)30)25-24(31-21)26(14-13-22(27)28)16-18-7-5-4-6-8-18;;/h6-14,19H,5,15-18H2,1-4H3;6-14,19H,5,15-18H2,1-4H3;4-12,17H,13-16H2,1-3H3,(H,27,28);;1H2/q;;;+1;/p-1. The third-order valence-corrected chi connectivity index (χ3v) is 21.6. The number of nitrogens with zero attached hydrogens (tertiary/aromatic N) is 6. The van der Waals surface area contributed by atoms with E-state index in [0.29, 0.717) is 76.7 Å². The number of anilines is 3. The van der Waals surface area contributed by atoms with Crippen molar-refractivity contribution in [1.29, 1.82) is 0 Å². The van der Waals surface area contributed by atoms with Crippen LogP contribution in [0.3, 0.4) is 0 Å². The number of thioether (sulfide) groups is 1. The minimum atomic E-state index is -3.27. The molecule has 0 amide bonds. The van der Waals surface area contributed by atoms with Crippen LogP contribution in [0.4, 0.5) is 15.4 Å². The Morgan fingerprint density at radius 3 is 0.990 bits per heavy atom. The molecular weight excluding hydrogens is 1370 g/mol. The van der Waals surface area contributed by atoms with E-state index in [9.17, 15) is 36.3 Å². The van der Waals surface area contributed by atoms with Gasteiger partial charge in [-0.2, -0.15) is 0 Å². The maximum absolute atomic E-state index is 12.1. The molecule has 0 spiro atoms. The minimum absolute atomic E-state index is 0. The number of ether oxygens (including phenoxy) is 2. The molecule has 9 rings (SSSR count). The summed E-state index contributed by atoms with van der Waals surface area (Å²) in [4.78, 5) is 62.0. The van der Waals surface area contributed by atoms with Crippen LogP contribution in [-0.2, 0) is 82.4 Å². The molecule has 17 nitrogen and oxygen atoms in total. The van der Waals surface area contributed by atoms with Gasteiger partial charge in [-0.05, 0) is 110 Å². The molecule has 24 heteroatoms. The summed E-state index contributed by atoms with van der Waals surface area (Å²) in [5, 5.41) is 11.8. The first kappa shape index (κ1) is 83.5. The van der Waals surface area contributed by atoms with Crippen LogP contribution in [-0.4, -0.2) is 112 Å².